The number of aliphatic imine (C=N–C) groups is 1. The van der Waals surface area contributed by atoms with Crippen LogP contribution in [0.25, 0.3) is 0 Å². The summed E-state index contributed by atoms with van der Waals surface area (Å²) in [5, 5.41) is 5.65. The zero-order valence-electron chi connectivity index (χ0n) is 23.3. The molecule has 0 radical (unpaired) electrons. The van der Waals surface area contributed by atoms with Crippen molar-refractivity contribution in [2.24, 2.45) is 4.99 Å². The number of rotatable bonds is 5. The van der Waals surface area contributed by atoms with Crippen molar-refractivity contribution in [2.45, 2.75) is 30.8 Å². The molecule has 3 aromatic carbocycles. The second-order valence-corrected chi connectivity index (χ2v) is 11.3. The van der Waals surface area contributed by atoms with Crippen LogP contribution in [0.5, 0.6) is 0 Å². The molecule has 2 atom stereocenters. The monoisotopic (exact) mass is 595 g/mol. The molecule has 2 aliphatic heterocycles. The summed E-state index contributed by atoms with van der Waals surface area (Å²) in [5.41, 5.74) is 0.254. The third-order valence-corrected chi connectivity index (χ3v) is 8.61. The number of fused-ring (bicyclic) bond motifs is 3. The average molecular weight is 596 g/mol. The maximum atomic E-state index is 14.7. The highest BCUT2D eigenvalue weighted by atomic mass is 19.1. The minimum atomic E-state index is -1.71. The molecule has 2 unspecified atom stereocenters. The van der Waals surface area contributed by atoms with E-state index in [0.717, 1.165) is 33.7 Å². The Morgan fingerprint density at radius 3 is 2.48 bits per heavy atom. The van der Waals surface area contributed by atoms with Crippen molar-refractivity contribution < 1.29 is 27.6 Å². The summed E-state index contributed by atoms with van der Waals surface area (Å²) >= 11 is 0. The van der Waals surface area contributed by atoms with Gasteiger partial charge in [-0.05, 0) is 73.4 Å². The number of anilines is 2. The van der Waals surface area contributed by atoms with Gasteiger partial charge in [0.25, 0.3) is 5.91 Å². The van der Waals surface area contributed by atoms with Crippen LogP contribution in [0.3, 0.4) is 0 Å². The molecule has 44 heavy (non-hydrogen) atoms. The number of nitrogens with one attached hydrogen (secondary N) is 2. The number of hydrogen-bond acceptors (Lipinski definition) is 5. The summed E-state index contributed by atoms with van der Waals surface area (Å²) in [6, 6.07) is 17.3. The summed E-state index contributed by atoms with van der Waals surface area (Å²) in [6.45, 7) is 0.895. The van der Waals surface area contributed by atoms with Crippen molar-refractivity contribution in [1.29, 1.82) is 0 Å². The predicted molar refractivity (Wildman–Crippen MR) is 155 cm³/mol. The molecule has 3 amide bonds. The van der Waals surface area contributed by atoms with Gasteiger partial charge in [0.05, 0.1) is 5.41 Å². The number of amides is 3. The molecule has 1 spiro atoms. The number of benzene rings is 3. The van der Waals surface area contributed by atoms with E-state index in [0.29, 0.717) is 30.4 Å². The van der Waals surface area contributed by atoms with Crippen molar-refractivity contribution in [3.05, 3.63) is 124 Å². The number of halogens is 3. The van der Waals surface area contributed by atoms with Gasteiger partial charge in [0, 0.05) is 34.6 Å². The van der Waals surface area contributed by atoms with Crippen molar-refractivity contribution >= 4 is 34.9 Å². The molecule has 1 aromatic heterocycles. The summed E-state index contributed by atoms with van der Waals surface area (Å²) in [7, 11) is 0. The first kappa shape index (κ1) is 27.5. The SMILES string of the molecule is CC1(c2cc(F)cc(F)c2)N=C(c2ccccc2F)C(=O)N1CC(=O)Nc1ccc2c(c1)CC1(C2)C(=O)Nc2ncccc21. The van der Waals surface area contributed by atoms with Crippen LogP contribution < -0.4 is 10.6 Å². The van der Waals surface area contributed by atoms with E-state index >= 15 is 0 Å². The molecule has 8 nitrogen and oxygen atoms in total. The zero-order valence-corrected chi connectivity index (χ0v) is 23.3. The van der Waals surface area contributed by atoms with Gasteiger partial charge in [-0.1, -0.05) is 24.3 Å². The fraction of sp³-hybridized carbons (Fsp3) is 0.182. The summed E-state index contributed by atoms with van der Waals surface area (Å²) < 4.78 is 43.3. The highest BCUT2D eigenvalue weighted by molar-refractivity contribution is 6.47. The van der Waals surface area contributed by atoms with E-state index in [1.165, 1.54) is 31.2 Å². The van der Waals surface area contributed by atoms with E-state index in [2.05, 4.69) is 20.6 Å². The van der Waals surface area contributed by atoms with Crippen LogP contribution in [0.2, 0.25) is 0 Å². The molecular weight excluding hydrogens is 571 g/mol. The topological polar surface area (TPSA) is 104 Å². The van der Waals surface area contributed by atoms with Gasteiger partial charge in [0.15, 0.2) is 5.66 Å². The third kappa shape index (κ3) is 4.26. The lowest BCUT2D eigenvalue weighted by molar-refractivity contribution is -0.132. The van der Waals surface area contributed by atoms with Gasteiger partial charge < -0.3 is 10.6 Å². The van der Waals surface area contributed by atoms with Gasteiger partial charge in [-0.2, -0.15) is 0 Å². The minimum Gasteiger partial charge on any atom is -0.325 e. The molecule has 2 N–H and O–H groups in total. The molecule has 11 heteroatoms. The normalized spacial score (nSPS) is 21.7. The first-order chi connectivity index (χ1) is 21.1. The second kappa shape index (κ2) is 9.87. The van der Waals surface area contributed by atoms with Crippen molar-refractivity contribution in [1.82, 2.24) is 9.88 Å². The van der Waals surface area contributed by atoms with Crippen LogP contribution in [-0.2, 0) is 38.3 Å². The number of hydrogen-bond donors (Lipinski definition) is 2. The van der Waals surface area contributed by atoms with Crippen LogP contribution in [-0.4, -0.2) is 39.9 Å². The largest absolute Gasteiger partial charge is 0.325 e. The van der Waals surface area contributed by atoms with E-state index < -0.39 is 46.9 Å². The van der Waals surface area contributed by atoms with Crippen LogP contribution in [0.1, 0.15) is 34.7 Å². The number of carbonyl (C=O) groups excluding carboxylic acids is 3. The first-order valence-electron chi connectivity index (χ1n) is 13.9. The second-order valence-electron chi connectivity index (χ2n) is 11.3. The van der Waals surface area contributed by atoms with Crippen LogP contribution in [0, 0.1) is 17.5 Å². The minimum absolute atomic E-state index is 0.0186. The molecule has 0 fully saturated rings. The van der Waals surface area contributed by atoms with Gasteiger partial charge in [-0.15, -0.1) is 0 Å². The van der Waals surface area contributed by atoms with Crippen LogP contribution >= 0.6 is 0 Å². The molecule has 3 heterocycles. The molecule has 3 aliphatic rings. The standard InChI is InChI=1S/C33H24F3N5O3/c1-32(20-12-21(34)14-22(35)13-20)40-28(24-5-2-3-7-26(24)36)30(43)41(32)17-27(42)38-23-9-8-18-15-33(16-19(18)11-23)25-6-4-10-37-29(25)39-31(33)44/h2-14H,15-17H2,1H3,(H,38,42)(H,37,39,44). The molecule has 0 bridgehead atoms. The lowest BCUT2D eigenvalue weighted by Gasteiger charge is -2.33. The van der Waals surface area contributed by atoms with E-state index in [4.69, 9.17) is 0 Å². The maximum absolute atomic E-state index is 14.7. The number of nitrogens with zero attached hydrogens (tertiary/aromatic N) is 3. The number of aromatic nitrogens is 1. The van der Waals surface area contributed by atoms with E-state index in [1.807, 2.05) is 12.1 Å². The molecule has 220 valence electrons. The Morgan fingerprint density at radius 1 is 0.955 bits per heavy atom. The fourth-order valence-electron chi connectivity index (χ4n) is 6.44. The average Bonchev–Trinajstić information content (AvgIpc) is 3.59. The molecule has 7 rings (SSSR count). The molecule has 1 aliphatic carbocycles. The summed E-state index contributed by atoms with van der Waals surface area (Å²) in [4.78, 5) is 49.9. The Hall–Kier alpha value is -5.32. The Bertz CT molecular complexity index is 1930. The fourth-order valence-corrected chi connectivity index (χ4v) is 6.44. The van der Waals surface area contributed by atoms with Gasteiger partial charge in [-0.25, -0.2) is 23.1 Å². The highest BCUT2D eigenvalue weighted by Gasteiger charge is 2.51. The smallest absolute Gasteiger partial charge is 0.275 e. The van der Waals surface area contributed by atoms with Crippen LogP contribution in [0.15, 0.2) is 84.0 Å². The number of pyridine rings is 1. The zero-order chi connectivity index (χ0) is 30.8. The lowest BCUT2D eigenvalue weighted by atomic mass is 9.79. The Labute approximate surface area is 249 Å². The van der Waals surface area contributed by atoms with Crippen LogP contribution in [0.4, 0.5) is 24.7 Å². The molecule has 0 saturated carbocycles. The highest BCUT2D eigenvalue weighted by Crippen LogP contribution is 2.47. The Kier molecular flexibility index (Phi) is 6.17. The maximum Gasteiger partial charge on any atom is 0.275 e. The number of carbonyl (C=O) groups is 3. The van der Waals surface area contributed by atoms with E-state index in [9.17, 15) is 27.6 Å². The quantitative estimate of drug-likeness (QED) is 0.351. The third-order valence-electron chi connectivity index (χ3n) is 8.61. The summed E-state index contributed by atoms with van der Waals surface area (Å²) in [5.74, 6) is -3.44. The van der Waals surface area contributed by atoms with E-state index in [1.54, 1.807) is 24.4 Å². The first-order valence-corrected chi connectivity index (χ1v) is 13.9. The van der Waals surface area contributed by atoms with Gasteiger partial charge in [-0.3, -0.25) is 19.3 Å². The Balaban J connectivity index is 1.16. The molecule has 4 aromatic rings. The van der Waals surface area contributed by atoms with Crippen molar-refractivity contribution in [2.75, 3.05) is 17.2 Å². The molecule has 0 saturated heterocycles. The van der Waals surface area contributed by atoms with Gasteiger partial charge in [0.2, 0.25) is 11.8 Å². The predicted octanol–water partition coefficient (Wildman–Crippen LogP) is 4.63. The van der Waals surface area contributed by atoms with Gasteiger partial charge >= 0.3 is 0 Å². The van der Waals surface area contributed by atoms with E-state index in [-0.39, 0.29) is 22.7 Å². The lowest BCUT2D eigenvalue weighted by Crippen LogP contribution is -2.47. The summed E-state index contributed by atoms with van der Waals surface area (Å²) in [6.07, 6.45) is 2.53. The van der Waals surface area contributed by atoms with Gasteiger partial charge in [0.1, 0.15) is 35.5 Å². The van der Waals surface area contributed by atoms with Crippen molar-refractivity contribution in [3.63, 3.8) is 0 Å². The Morgan fingerprint density at radius 2 is 1.70 bits per heavy atom. The van der Waals surface area contributed by atoms with Crippen molar-refractivity contribution in [3.8, 4) is 0 Å². The molecular formula is C33H24F3N5O3.